The normalized spacial score (nSPS) is 40.0. The molecular weight excluding hydrogens is 136 g/mol. The Morgan fingerprint density at radius 3 is 2.40 bits per heavy atom. The van der Waals surface area contributed by atoms with Crippen LogP contribution in [0.2, 0.25) is 0 Å². The van der Waals surface area contributed by atoms with E-state index in [1.165, 1.54) is 0 Å². The van der Waals surface area contributed by atoms with Gasteiger partial charge < -0.3 is 15.3 Å². The quantitative estimate of drug-likeness (QED) is 0.459. The molecule has 0 aliphatic heterocycles. The third-order valence-corrected chi connectivity index (χ3v) is 1.96. The molecule has 0 bridgehead atoms. The number of hydrogen-bond donors (Lipinski definition) is 3. The van der Waals surface area contributed by atoms with Crippen LogP contribution < -0.4 is 0 Å². The first-order valence-corrected chi connectivity index (χ1v) is 3.21. The van der Waals surface area contributed by atoms with Crippen LogP contribution in [0.3, 0.4) is 0 Å². The first-order chi connectivity index (χ1) is 4.57. The molecule has 0 aromatic heterocycles. The molecule has 1 rings (SSSR count). The maximum Gasteiger partial charge on any atom is 0.338 e. The number of aliphatic hydroxyl groups is 2. The Bertz CT molecular complexity index is 156. The van der Waals surface area contributed by atoms with Gasteiger partial charge in [-0.15, -0.1) is 0 Å². The van der Waals surface area contributed by atoms with Crippen LogP contribution in [-0.2, 0) is 4.79 Å². The molecule has 10 heavy (non-hydrogen) atoms. The zero-order valence-corrected chi connectivity index (χ0v) is 5.45. The van der Waals surface area contributed by atoms with Gasteiger partial charge in [-0.1, -0.05) is 0 Å². The highest BCUT2D eigenvalue weighted by Crippen LogP contribution is 2.29. The molecule has 0 aromatic rings. The Hall–Kier alpha value is -0.610. The highest BCUT2D eigenvalue weighted by Gasteiger charge is 2.46. The molecule has 0 aromatic carbocycles. The van der Waals surface area contributed by atoms with E-state index < -0.39 is 17.7 Å². The Balaban J connectivity index is 2.75. The Morgan fingerprint density at radius 2 is 2.20 bits per heavy atom. The van der Waals surface area contributed by atoms with Crippen molar-refractivity contribution in [2.24, 2.45) is 0 Å². The van der Waals surface area contributed by atoms with E-state index >= 15 is 0 Å². The first kappa shape index (κ1) is 7.50. The van der Waals surface area contributed by atoms with E-state index in [1.54, 1.807) is 0 Å². The van der Waals surface area contributed by atoms with Gasteiger partial charge in [0, 0.05) is 0 Å². The Morgan fingerprint density at radius 1 is 1.60 bits per heavy atom. The molecule has 0 unspecified atom stereocenters. The average Bonchev–Trinajstić information content (AvgIpc) is 2.15. The minimum absolute atomic E-state index is 0.156. The van der Waals surface area contributed by atoms with Crippen molar-refractivity contribution in [1.29, 1.82) is 0 Å². The summed E-state index contributed by atoms with van der Waals surface area (Å²) in [6.07, 6.45) is 0.0148. The van der Waals surface area contributed by atoms with Gasteiger partial charge in [-0.3, -0.25) is 0 Å². The molecule has 58 valence electrons. The summed E-state index contributed by atoms with van der Waals surface area (Å²) in [6.45, 7) is 0. The predicted molar refractivity (Wildman–Crippen MR) is 32.4 cm³/mol. The van der Waals surface area contributed by atoms with Crippen LogP contribution in [0.5, 0.6) is 0 Å². The standard InChI is InChI=1S/C6H10O4/c7-4-2-1-3-6(4,10)5(8)9/h4,7,10H,1-3H2,(H,8,9)/t4-,6-/m1/s1. The van der Waals surface area contributed by atoms with E-state index in [9.17, 15) is 9.90 Å². The zero-order chi connectivity index (χ0) is 7.78. The van der Waals surface area contributed by atoms with Crippen LogP contribution in [0.25, 0.3) is 0 Å². The van der Waals surface area contributed by atoms with E-state index in [-0.39, 0.29) is 6.42 Å². The molecule has 0 amide bonds. The topological polar surface area (TPSA) is 77.8 Å². The summed E-state index contributed by atoms with van der Waals surface area (Å²) in [4.78, 5) is 10.3. The van der Waals surface area contributed by atoms with E-state index in [2.05, 4.69) is 0 Å². The lowest BCUT2D eigenvalue weighted by molar-refractivity contribution is -0.167. The summed E-state index contributed by atoms with van der Waals surface area (Å²) >= 11 is 0. The van der Waals surface area contributed by atoms with Crippen molar-refractivity contribution in [3.8, 4) is 0 Å². The summed E-state index contributed by atoms with van der Waals surface area (Å²) in [5.74, 6) is -1.32. The van der Waals surface area contributed by atoms with Gasteiger partial charge >= 0.3 is 5.97 Å². The fourth-order valence-electron chi connectivity index (χ4n) is 1.22. The lowest BCUT2D eigenvalue weighted by Crippen LogP contribution is -2.45. The second-order valence-electron chi connectivity index (χ2n) is 2.64. The largest absolute Gasteiger partial charge is 0.479 e. The molecule has 1 saturated carbocycles. The van der Waals surface area contributed by atoms with Crippen molar-refractivity contribution in [1.82, 2.24) is 0 Å². The third-order valence-electron chi connectivity index (χ3n) is 1.96. The number of rotatable bonds is 1. The fourth-order valence-corrected chi connectivity index (χ4v) is 1.22. The van der Waals surface area contributed by atoms with Crippen molar-refractivity contribution in [3.63, 3.8) is 0 Å². The monoisotopic (exact) mass is 146 g/mol. The van der Waals surface area contributed by atoms with E-state index in [4.69, 9.17) is 10.2 Å². The van der Waals surface area contributed by atoms with Crippen LogP contribution >= 0.6 is 0 Å². The SMILES string of the molecule is O=C(O)[C@@]1(O)CCC[C@H]1O. The minimum atomic E-state index is -1.88. The van der Waals surface area contributed by atoms with Gasteiger partial charge in [0.2, 0.25) is 0 Å². The number of hydrogen-bond acceptors (Lipinski definition) is 3. The molecular formula is C6H10O4. The highest BCUT2D eigenvalue weighted by atomic mass is 16.4. The minimum Gasteiger partial charge on any atom is -0.479 e. The molecule has 0 radical (unpaired) electrons. The molecule has 3 N–H and O–H groups in total. The number of aliphatic hydroxyl groups excluding tert-OH is 1. The molecule has 0 spiro atoms. The van der Waals surface area contributed by atoms with Crippen molar-refractivity contribution in [3.05, 3.63) is 0 Å². The molecule has 1 aliphatic carbocycles. The predicted octanol–water partition coefficient (Wildman–Crippen LogP) is -0.653. The maximum atomic E-state index is 10.3. The van der Waals surface area contributed by atoms with Crippen molar-refractivity contribution in [2.45, 2.75) is 31.0 Å². The molecule has 4 heteroatoms. The molecule has 2 atom stereocenters. The zero-order valence-electron chi connectivity index (χ0n) is 5.45. The van der Waals surface area contributed by atoms with E-state index in [1.807, 2.05) is 0 Å². The lowest BCUT2D eigenvalue weighted by atomic mass is 10.0. The summed E-state index contributed by atoms with van der Waals surface area (Å²) in [7, 11) is 0. The van der Waals surface area contributed by atoms with Crippen LogP contribution in [0, 0.1) is 0 Å². The van der Waals surface area contributed by atoms with Crippen LogP contribution in [0.4, 0.5) is 0 Å². The van der Waals surface area contributed by atoms with Gasteiger partial charge in [-0.25, -0.2) is 4.79 Å². The van der Waals surface area contributed by atoms with Crippen molar-refractivity contribution >= 4 is 5.97 Å². The number of carboxylic acid groups (broad SMARTS) is 1. The molecule has 0 heterocycles. The maximum absolute atomic E-state index is 10.3. The van der Waals surface area contributed by atoms with Gasteiger partial charge in [0.25, 0.3) is 0 Å². The van der Waals surface area contributed by atoms with E-state index in [0.29, 0.717) is 12.8 Å². The first-order valence-electron chi connectivity index (χ1n) is 3.21. The summed E-state index contributed by atoms with van der Waals surface area (Å²) in [5, 5.41) is 26.6. The number of carboxylic acids is 1. The van der Waals surface area contributed by atoms with E-state index in [0.717, 1.165) is 0 Å². The van der Waals surface area contributed by atoms with Gasteiger partial charge in [-0.2, -0.15) is 0 Å². The summed E-state index contributed by atoms with van der Waals surface area (Å²) in [6, 6.07) is 0. The smallest absolute Gasteiger partial charge is 0.338 e. The summed E-state index contributed by atoms with van der Waals surface area (Å²) < 4.78 is 0. The number of aliphatic carboxylic acids is 1. The second-order valence-corrected chi connectivity index (χ2v) is 2.64. The average molecular weight is 146 g/mol. The molecule has 4 nitrogen and oxygen atoms in total. The second kappa shape index (κ2) is 2.21. The van der Waals surface area contributed by atoms with Crippen LogP contribution in [0.1, 0.15) is 19.3 Å². The van der Waals surface area contributed by atoms with Gasteiger partial charge in [0.15, 0.2) is 5.60 Å². The van der Waals surface area contributed by atoms with Gasteiger partial charge in [-0.05, 0) is 19.3 Å². The number of carbonyl (C=O) groups is 1. The Kier molecular flexibility index (Phi) is 1.66. The Labute approximate surface area is 58.1 Å². The van der Waals surface area contributed by atoms with Crippen molar-refractivity contribution in [2.75, 3.05) is 0 Å². The lowest BCUT2D eigenvalue weighted by Gasteiger charge is -2.20. The summed E-state index contributed by atoms with van der Waals surface area (Å²) in [5.41, 5.74) is -1.88. The molecule has 1 fully saturated rings. The van der Waals surface area contributed by atoms with Crippen molar-refractivity contribution < 1.29 is 20.1 Å². The third kappa shape index (κ3) is 0.892. The highest BCUT2D eigenvalue weighted by molar-refractivity contribution is 5.78. The van der Waals surface area contributed by atoms with Crippen LogP contribution in [-0.4, -0.2) is 33.0 Å². The fraction of sp³-hybridized carbons (Fsp3) is 0.833. The van der Waals surface area contributed by atoms with Gasteiger partial charge in [0.1, 0.15) is 0 Å². The molecule has 0 saturated heterocycles. The molecule has 1 aliphatic rings. The van der Waals surface area contributed by atoms with Crippen LogP contribution in [0.15, 0.2) is 0 Å². The van der Waals surface area contributed by atoms with Gasteiger partial charge in [0.05, 0.1) is 6.10 Å².